The third-order valence-corrected chi connectivity index (χ3v) is 3.76. The summed E-state index contributed by atoms with van der Waals surface area (Å²) in [7, 11) is 0. The summed E-state index contributed by atoms with van der Waals surface area (Å²) < 4.78 is 0. The Morgan fingerprint density at radius 1 is 1.56 bits per heavy atom. The number of aromatic amines is 1. The molecule has 2 rings (SSSR count). The molecule has 0 bridgehead atoms. The van der Waals surface area contributed by atoms with Crippen LogP contribution in [0.15, 0.2) is 6.07 Å². The van der Waals surface area contributed by atoms with Gasteiger partial charge in [-0.25, -0.2) is 0 Å². The van der Waals surface area contributed by atoms with E-state index in [2.05, 4.69) is 24.0 Å². The van der Waals surface area contributed by atoms with E-state index in [1.807, 2.05) is 16.7 Å². The first kappa shape index (κ1) is 11.3. The number of aromatic nitrogens is 2. The molecule has 16 heavy (non-hydrogen) atoms. The predicted molar refractivity (Wildman–Crippen MR) is 65.4 cm³/mol. The largest absolute Gasteiger partial charge is 0.382 e. The topological polar surface area (TPSA) is 75.0 Å². The molecular weight excluding hydrogens is 224 g/mol. The summed E-state index contributed by atoms with van der Waals surface area (Å²) in [5, 5.41) is 7.39. The van der Waals surface area contributed by atoms with Gasteiger partial charge in [0.1, 0.15) is 11.5 Å². The number of carbonyl (C=O) groups is 1. The van der Waals surface area contributed by atoms with Gasteiger partial charge < -0.3 is 10.6 Å². The highest BCUT2D eigenvalue weighted by atomic mass is 32.2. The van der Waals surface area contributed by atoms with E-state index in [0.717, 1.165) is 13.1 Å². The number of nitrogens with zero attached hydrogens (tertiary/aromatic N) is 2. The monoisotopic (exact) mass is 240 g/mol. The van der Waals surface area contributed by atoms with Crippen molar-refractivity contribution in [3.8, 4) is 0 Å². The molecule has 1 amide bonds. The van der Waals surface area contributed by atoms with Gasteiger partial charge in [-0.05, 0) is 0 Å². The highest BCUT2D eigenvalue weighted by Crippen LogP contribution is 2.25. The quantitative estimate of drug-likeness (QED) is 0.766. The third kappa shape index (κ3) is 2.32. The van der Waals surface area contributed by atoms with Crippen LogP contribution in [-0.4, -0.2) is 44.6 Å². The number of hydrogen-bond acceptors (Lipinski definition) is 4. The van der Waals surface area contributed by atoms with Crippen molar-refractivity contribution in [3.05, 3.63) is 11.8 Å². The standard InChI is InChI=1S/C10H16N4OS/c1-6-4-14(5-7(2)16-6)10(15)8-3-9(11)13-12-8/h3,6-7H,4-5H2,1-2H3,(H3,11,12,13). The van der Waals surface area contributed by atoms with E-state index in [1.165, 1.54) is 0 Å². The van der Waals surface area contributed by atoms with Gasteiger partial charge in [-0.15, -0.1) is 0 Å². The Kier molecular flexibility index (Phi) is 3.09. The number of amides is 1. The van der Waals surface area contributed by atoms with Gasteiger partial charge in [0.25, 0.3) is 5.91 Å². The van der Waals surface area contributed by atoms with Gasteiger partial charge in [0.05, 0.1) is 0 Å². The average Bonchev–Trinajstić information content (AvgIpc) is 2.62. The van der Waals surface area contributed by atoms with Crippen LogP contribution in [-0.2, 0) is 0 Å². The van der Waals surface area contributed by atoms with E-state index in [1.54, 1.807) is 6.07 Å². The molecule has 1 aromatic heterocycles. The number of nitrogens with one attached hydrogen (secondary N) is 1. The lowest BCUT2D eigenvalue weighted by atomic mass is 10.3. The SMILES string of the molecule is CC1CN(C(=O)c2cc(N)n[nH]2)CC(C)S1. The summed E-state index contributed by atoms with van der Waals surface area (Å²) in [6.45, 7) is 5.85. The number of nitrogen functional groups attached to an aromatic ring is 1. The van der Waals surface area contributed by atoms with Crippen molar-refractivity contribution in [1.29, 1.82) is 0 Å². The smallest absolute Gasteiger partial charge is 0.272 e. The van der Waals surface area contributed by atoms with Crippen LogP contribution in [0.1, 0.15) is 24.3 Å². The lowest BCUT2D eigenvalue weighted by Crippen LogP contribution is -2.44. The summed E-state index contributed by atoms with van der Waals surface area (Å²) in [6, 6.07) is 1.58. The van der Waals surface area contributed by atoms with E-state index in [0.29, 0.717) is 22.0 Å². The number of hydrogen-bond donors (Lipinski definition) is 2. The van der Waals surface area contributed by atoms with Crippen LogP contribution in [0.4, 0.5) is 5.82 Å². The minimum Gasteiger partial charge on any atom is -0.382 e. The normalized spacial score (nSPS) is 25.8. The van der Waals surface area contributed by atoms with Gasteiger partial charge >= 0.3 is 0 Å². The third-order valence-electron chi connectivity index (χ3n) is 2.53. The molecule has 1 aromatic rings. The number of carbonyl (C=O) groups excluding carboxylic acids is 1. The second kappa shape index (κ2) is 4.37. The maximum atomic E-state index is 12.1. The molecule has 88 valence electrons. The Bertz CT molecular complexity index is 382. The number of anilines is 1. The number of H-pyrrole nitrogens is 1. The summed E-state index contributed by atoms with van der Waals surface area (Å²) in [5.41, 5.74) is 5.96. The molecular formula is C10H16N4OS. The maximum absolute atomic E-state index is 12.1. The fourth-order valence-electron chi connectivity index (χ4n) is 1.96. The number of rotatable bonds is 1. The zero-order valence-corrected chi connectivity index (χ0v) is 10.3. The van der Waals surface area contributed by atoms with Crippen molar-refractivity contribution in [3.63, 3.8) is 0 Å². The molecule has 1 aliphatic rings. The molecule has 3 N–H and O–H groups in total. The lowest BCUT2D eigenvalue weighted by molar-refractivity contribution is 0.0747. The van der Waals surface area contributed by atoms with Gasteiger partial charge in [0.2, 0.25) is 0 Å². The molecule has 5 nitrogen and oxygen atoms in total. The molecule has 0 saturated carbocycles. The van der Waals surface area contributed by atoms with Gasteiger partial charge in [0, 0.05) is 29.7 Å². The number of nitrogens with two attached hydrogens (primary N) is 1. The molecule has 2 heterocycles. The average molecular weight is 240 g/mol. The predicted octanol–water partition coefficient (Wildman–Crippen LogP) is 0.958. The summed E-state index contributed by atoms with van der Waals surface area (Å²) >= 11 is 1.92. The molecule has 0 spiro atoms. The van der Waals surface area contributed by atoms with Crippen molar-refractivity contribution in [2.45, 2.75) is 24.3 Å². The summed E-state index contributed by atoms with van der Waals surface area (Å²) in [4.78, 5) is 14.0. The minimum absolute atomic E-state index is 0.0109. The second-order valence-electron chi connectivity index (χ2n) is 4.17. The number of thioether (sulfide) groups is 1. The van der Waals surface area contributed by atoms with Crippen LogP contribution in [0.3, 0.4) is 0 Å². The molecule has 2 unspecified atom stereocenters. The zero-order chi connectivity index (χ0) is 11.7. The van der Waals surface area contributed by atoms with Crippen LogP contribution in [0.2, 0.25) is 0 Å². The van der Waals surface area contributed by atoms with Crippen molar-refractivity contribution in [1.82, 2.24) is 15.1 Å². The van der Waals surface area contributed by atoms with Gasteiger partial charge in [-0.3, -0.25) is 9.89 Å². The first-order chi connectivity index (χ1) is 7.56. The minimum atomic E-state index is -0.0109. The summed E-state index contributed by atoms with van der Waals surface area (Å²) in [6.07, 6.45) is 0. The first-order valence-corrected chi connectivity index (χ1v) is 6.26. The molecule has 2 atom stereocenters. The van der Waals surface area contributed by atoms with Crippen LogP contribution >= 0.6 is 11.8 Å². The van der Waals surface area contributed by atoms with Crippen molar-refractivity contribution >= 4 is 23.5 Å². The second-order valence-corrected chi connectivity index (χ2v) is 6.06. The van der Waals surface area contributed by atoms with Crippen molar-refractivity contribution < 1.29 is 4.79 Å². The van der Waals surface area contributed by atoms with Gasteiger partial charge in [-0.2, -0.15) is 16.9 Å². The highest BCUT2D eigenvalue weighted by Gasteiger charge is 2.27. The molecule has 6 heteroatoms. The maximum Gasteiger partial charge on any atom is 0.272 e. The van der Waals surface area contributed by atoms with Gasteiger partial charge in [0.15, 0.2) is 0 Å². The van der Waals surface area contributed by atoms with Gasteiger partial charge in [-0.1, -0.05) is 13.8 Å². The fourth-order valence-corrected chi connectivity index (χ4v) is 3.29. The molecule has 1 fully saturated rings. The lowest BCUT2D eigenvalue weighted by Gasteiger charge is -2.34. The van der Waals surface area contributed by atoms with Crippen molar-refractivity contribution in [2.24, 2.45) is 0 Å². The zero-order valence-electron chi connectivity index (χ0n) is 9.43. The first-order valence-electron chi connectivity index (χ1n) is 5.32. The molecule has 1 aliphatic heterocycles. The van der Waals surface area contributed by atoms with E-state index >= 15 is 0 Å². The molecule has 0 aromatic carbocycles. The van der Waals surface area contributed by atoms with E-state index in [4.69, 9.17) is 5.73 Å². The van der Waals surface area contributed by atoms with E-state index in [9.17, 15) is 4.79 Å². The summed E-state index contributed by atoms with van der Waals surface area (Å²) in [5.74, 6) is 0.346. The van der Waals surface area contributed by atoms with Crippen LogP contribution in [0.5, 0.6) is 0 Å². The fraction of sp³-hybridized carbons (Fsp3) is 0.600. The van der Waals surface area contributed by atoms with Crippen molar-refractivity contribution in [2.75, 3.05) is 18.8 Å². The Balaban J connectivity index is 2.09. The molecule has 0 aliphatic carbocycles. The van der Waals surface area contributed by atoms with Crippen LogP contribution in [0, 0.1) is 0 Å². The molecule has 0 radical (unpaired) electrons. The Hall–Kier alpha value is -1.17. The Labute approximate surface area is 98.8 Å². The van der Waals surface area contributed by atoms with E-state index in [-0.39, 0.29) is 5.91 Å². The Morgan fingerprint density at radius 2 is 2.19 bits per heavy atom. The van der Waals surface area contributed by atoms with Crippen LogP contribution < -0.4 is 5.73 Å². The molecule has 1 saturated heterocycles. The van der Waals surface area contributed by atoms with Crippen LogP contribution in [0.25, 0.3) is 0 Å². The highest BCUT2D eigenvalue weighted by molar-refractivity contribution is 8.00. The Morgan fingerprint density at radius 3 is 2.69 bits per heavy atom. The van der Waals surface area contributed by atoms with E-state index < -0.39 is 0 Å².